The lowest BCUT2D eigenvalue weighted by atomic mass is 9.84. The first kappa shape index (κ1) is 19.8. The van der Waals surface area contributed by atoms with Gasteiger partial charge in [-0.1, -0.05) is 26.3 Å². The molecule has 0 saturated carbocycles. The minimum Gasteiger partial charge on any atom is -0.486 e. The largest absolute Gasteiger partial charge is 0.486 e. The predicted molar refractivity (Wildman–Crippen MR) is 110 cm³/mol. The zero-order chi connectivity index (χ0) is 19.1. The van der Waals surface area contributed by atoms with Crippen LogP contribution >= 0.6 is 0 Å². The van der Waals surface area contributed by atoms with E-state index in [9.17, 15) is 0 Å². The number of ether oxygens (including phenoxy) is 2. The molecule has 27 heavy (non-hydrogen) atoms. The van der Waals surface area contributed by atoms with Crippen LogP contribution in [0.5, 0.6) is 11.5 Å². The third kappa shape index (κ3) is 5.51. The monoisotopic (exact) mass is 374 g/mol. The molecule has 2 N–H and O–H groups in total. The first-order chi connectivity index (χ1) is 13.1. The van der Waals surface area contributed by atoms with Crippen LogP contribution in [0, 0.1) is 0 Å². The standard InChI is InChI=1S/C21H34N4O2/c1-21(2,17-7-8-18-19(15-17)27-14-13-26-18)16-24-20(22-3)23-9-12-25-10-5-4-6-11-25/h7-8,15H,4-6,9-14,16H2,1-3H3,(H2,22,23,24). The fourth-order valence-electron chi connectivity index (χ4n) is 3.61. The van der Waals surface area contributed by atoms with Crippen molar-refractivity contribution in [3.05, 3.63) is 23.8 Å². The Morgan fingerprint density at radius 2 is 1.81 bits per heavy atom. The molecule has 1 aromatic carbocycles. The number of aliphatic imine (C=N–C) groups is 1. The highest BCUT2D eigenvalue weighted by molar-refractivity contribution is 5.79. The third-order valence-corrected chi connectivity index (χ3v) is 5.41. The number of likely N-dealkylation sites (tertiary alicyclic amines) is 1. The summed E-state index contributed by atoms with van der Waals surface area (Å²) in [4.78, 5) is 6.90. The van der Waals surface area contributed by atoms with E-state index in [1.54, 1.807) is 0 Å². The van der Waals surface area contributed by atoms with Crippen LogP contribution in [-0.4, -0.2) is 63.8 Å². The van der Waals surface area contributed by atoms with Crippen LogP contribution in [-0.2, 0) is 5.41 Å². The van der Waals surface area contributed by atoms with Crippen molar-refractivity contribution in [2.45, 2.75) is 38.5 Å². The molecule has 2 aliphatic heterocycles. The maximum absolute atomic E-state index is 5.73. The van der Waals surface area contributed by atoms with Gasteiger partial charge >= 0.3 is 0 Å². The Morgan fingerprint density at radius 1 is 1.07 bits per heavy atom. The Labute approximate surface area is 163 Å². The molecule has 150 valence electrons. The molecule has 2 aliphatic rings. The Hall–Kier alpha value is -1.95. The number of nitrogens with zero attached hydrogens (tertiary/aromatic N) is 2. The van der Waals surface area contributed by atoms with E-state index in [0.717, 1.165) is 37.1 Å². The lowest BCUT2D eigenvalue weighted by molar-refractivity contribution is 0.171. The fraction of sp³-hybridized carbons (Fsp3) is 0.667. The van der Waals surface area contributed by atoms with Crippen LogP contribution < -0.4 is 20.1 Å². The van der Waals surface area contributed by atoms with Gasteiger partial charge in [-0.25, -0.2) is 0 Å². The van der Waals surface area contributed by atoms with E-state index >= 15 is 0 Å². The molecular weight excluding hydrogens is 340 g/mol. The molecule has 0 bridgehead atoms. The summed E-state index contributed by atoms with van der Waals surface area (Å²) in [5.41, 5.74) is 1.17. The summed E-state index contributed by atoms with van der Waals surface area (Å²) in [5, 5.41) is 6.92. The molecule has 0 amide bonds. The average molecular weight is 375 g/mol. The number of hydrogen-bond acceptors (Lipinski definition) is 4. The minimum absolute atomic E-state index is 0.0552. The van der Waals surface area contributed by atoms with Crippen LogP contribution in [0.4, 0.5) is 0 Å². The van der Waals surface area contributed by atoms with Gasteiger partial charge in [-0.2, -0.15) is 0 Å². The second-order valence-electron chi connectivity index (χ2n) is 8.00. The number of hydrogen-bond donors (Lipinski definition) is 2. The van der Waals surface area contributed by atoms with Crippen LogP contribution in [0.25, 0.3) is 0 Å². The second kappa shape index (κ2) is 9.31. The molecule has 0 radical (unpaired) electrons. The van der Waals surface area contributed by atoms with Gasteiger partial charge in [0.05, 0.1) is 0 Å². The van der Waals surface area contributed by atoms with Crippen LogP contribution in [0.2, 0.25) is 0 Å². The highest BCUT2D eigenvalue weighted by atomic mass is 16.6. The number of benzene rings is 1. The van der Waals surface area contributed by atoms with Gasteiger partial charge < -0.3 is 25.0 Å². The molecule has 0 spiro atoms. The van der Waals surface area contributed by atoms with E-state index in [1.165, 1.54) is 37.9 Å². The van der Waals surface area contributed by atoms with E-state index < -0.39 is 0 Å². The fourth-order valence-corrected chi connectivity index (χ4v) is 3.61. The number of fused-ring (bicyclic) bond motifs is 1. The summed E-state index contributed by atoms with van der Waals surface area (Å²) < 4.78 is 11.4. The van der Waals surface area contributed by atoms with Gasteiger partial charge in [0.25, 0.3) is 0 Å². The van der Waals surface area contributed by atoms with E-state index in [-0.39, 0.29) is 5.41 Å². The zero-order valence-corrected chi connectivity index (χ0v) is 17.0. The molecule has 1 fully saturated rings. The third-order valence-electron chi connectivity index (χ3n) is 5.41. The van der Waals surface area contributed by atoms with Crippen molar-refractivity contribution in [1.82, 2.24) is 15.5 Å². The van der Waals surface area contributed by atoms with Gasteiger partial charge in [-0.3, -0.25) is 4.99 Å². The van der Waals surface area contributed by atoms with E-state index in [1.807, 2.05) is 13.1 Å². The molecule has 0 aliphatic carbocycles. The van der Waals surface area contributed by atoms with E-state index in [2.05, 4.69) is 46.5 Å². The molecule has 6 heteroatoms. The second-order valence-corrected chi connectivity index (χ2v) is 8.00. The number of nitrogens with one attached hydrogen (secondary N) is 2. The maximum atomic E-state index is 5.73. The topological polar surface area (TPSA) is 58.1 Å². The van der Waals surface area contributed by atoms with E-state index in [0.29, 0.717) is 13.2 Å². The lowest BCUT2D eigenvalue weighted by Crippen LogP contribution is -2.46. The molecule has 0 atom stereocenters. The van der Waals surface area contributed by atoms with Gasteiger partial charge in [0.1, 0.15) is 13.2 Å². The first-order valence-corrected chi connectivity index (χ1v) is 10.2. The van der Waals surface area contributed by atoms with E-state index in [4.69, 9.17) is 9.47 Å². The molecule has 0 unspecified atom stereocenters. The van der Waals surface area contributed by atoms with Crippen molar-refractivity contribution in [2.75, 3.05) is 53.0 Å². The molecule has 3 rings (SSSR count). The van der Waals surface area contributed by atoms with Crippen LogP contribution in [0.15, 0.2) is 23.2 Å². The summed E-state index contributed by atoms with van der Waals surface area (Å²) in [6.45, 7) is 10.9. The Bertz CT molecular complexity index is 639. The molecule has 1 aromatic rings. The zero-order valence-electron chi connectivity index (χ0n) is 17.0. The van der Waals surface area contributed by atoms with Gasteiger partial charge in [-0.05, 0) is 43.6 Å². The highest BCUT2D eigenvalue weighted by Gasteiger charge is 2.24. The van der Waals surface area contributed by atoms with Crippen molar-refractivity contribution < 1.29 is 9.47 Å². The van der Waals surface area contributed by atoms with Crippen molar-refractivity contribution in [2.24, 2.45) is 4.99 Å². The normalized spacial score (nSPS) is 18.3. The first-order valence-electron chi connectivity index (χ1n) is 10.2. The predicted octanol–water partition coefficient (Wildman–Crippen LogP) is 2.39. The van der Waals surface area contributed by atoms with Crippen molar-refractivity contribution in [3.8, 4) is 11.5 Å². The molecule has 6 nitrogen and oxygen atoms in total. The van der Waals surface area contributed by atoms with Gasteiger partial charge in [0, 0.05) is 32.1 Å². The average Bonchev–Trinajstić information content (AvgIpc) is 2.71. The van der Waals surface area contributed by atoms with Crippen molar-refractivity contribution in [1.29, 1.82) is 0 Å². The van der Waals surface area contributed by atoms with Crippen molar-refractivity contribution in [3.63, 3.8) is 0 Å². The van der Waals surface area contributed by atoms with Gasteiger partial charge in [0.2, 0.25) is 0 Å². The quantitative estimate of drug-likeness (QED) is 0.591. The highest BCUT2D eigenvalue weighted by Crippen LogP contribution is 2.34. The van der Waals surface area contributed by atoms with Gasteiger partial charge in [-0.15, -0.1) is 0 Å². The molecule has 0 aromatic heterocycles. The number of rotatable bonds is 6. The molecule has 1 saturated heterocycles. The smallest absolute Gasteiger partial charge is 0.191 e. The Balaban J connectivity index is 1.49. The summed E-state index contributed by atoms with van der Waals surface area (Å²) in [6.07, 6.45) is 4.04. The van der Waals surface area contributed by atoms with Crippen LogP contribution in [0.3, 0.4) is 0 Å². The molecule has 2 heterocycles. The summed E-state index contributed by atoms with van der Waals surface area (Å²) in [7, 11) is 1.83. The lowest BCUT2D eigenvalue weighted by Gasteiger charge is -2.29. The number of piperidine rings is 1. The maximum Gasteiger partial charge on any atom is 0.191 e. The minimum atomic E-state index is -0.0552. The Kier molecular flexibility index (Phi) is 6.83. The number of guanidine groups is 1. The SMILES string of the molecule is CN=C(NCCN1CCCCC1)NCC(C)(C)c1ccc2c(c1)OCCO2. The van der Waals surface area contributed by atoms with Crippen molar-refractivity contribution >= 4 is 5.96 Å². The van der Waals surface area contributed by atoms with Crippen LogP contribution in [0.1, 0.15) is 38.7 Å². The summed E-state index contributed by atoms with van der Waals surface area (Å²) in [6, 6.07) is 6.24. The summed E-state index contributed by atoms with van der Waals surface area (Å²) >= 11 is 0. The Morgan fingerprint density at radius 3 is 2.56 bits per heavy atom. The summed E-state index contributed by atoms with van der Waals surface area (Å²) in [5.74, 6) is 2.54. The molecular formula is C21H34N4O2. The van der Waals surface area contributed by atoms with Gasteiger partial charge in [0.15, 0.2) is 17.5 Å².